The summed E-state index contributed by atoms with van der Waals surface area (Å²) in [5.41, 5.74) is 0. The van der Waals surface area contributed by atoms with E-state index in [1.165, 1.54) is 0 Å². The lowest BCUT2D eigenvalue weighted by Crippen LogP contribution is -2.61. The molecular weight excluding hydrogens is 182 g/mol. The molecule has 80 valence electrons. The lowest BCUT2D eigenvalue weighted by Gasteiger charge is -2.37. The summed E-state index contributed by atoms with van der Waals surface area (Å²) in [6, 6.07) is -0.312. The van der Waals surface area contributed by atoms with Crippen LogP contribution in [-0.4, -0.2) is 48.9 Å². The smallest absolute Gasteiger partial charge is 0.242 e. The Morgan fingerprint density at radius 3 is 2.86 bits per heavy atom. The van der Waals surface area contributed by atoms with Crippen LogP contribution in [0.25, 0.3) is 0 Å². The molecule has 1 aliphatic heterocycles. The highest BCUT2D eigenvalue weighted by Crippen LogP contribution is 2.09. The Morgan fingerprint density at radius 1 is 1.64 bits per heavy atom. The van der Waals surface area contributed by atoms with Crippen LogP contribution in [0.4, 0.5) is 0 Å². The average molecular weight is 199 g/mol. The molecule has 2 amide bonds. The number of carbonyl (C=O) groups is 2. The number of rotatable bonds is 3. The number of piperazine rings is 1. The lowest BCUT2D eigenvalue weighted by molar-refractivity contribution is -0.147. The van der Waals surface area contributed by atoms with Crippen LogP contribution < -0.4 is 10.6 Å². The molecule has 2 atom stereocenters. The summed E-state index contributed by atoms with van der Waals surface area (Å²) in [5, 5.41) is 5.55. The van der Waals surface area contributed by atoms with Gasteiger partial charge in [-0.05, 0) is 20.9 Å². The Kier molecular flexibility index (Phi) is 3.46. The molecule has 0 radical (unpaired) electrons. The first-order chi connectivity index (χ1) is 6.57. The summed E-state index contributed by atoms with van der Waals surface area (Å²) < 4.78 is 0. The van der Waals surface area contributed by atoms with E-state index in [9.17, 15) is 9.59 Å². The summed E-state index contributed by atoms with van der Waals surface area (Å²) in [5.74, 6) is -0.0904. The van der Waals surface area contributed by atoms with Crippen molar-refractivity contribution >= 4 is 11.8 Å². The molecule has 14 heavy (non-hydrogen) atoms. The lowest BCUT2D eigenvalue weighted by atomic mass is 10.1. The summed E-state index contributed by atoms with van der Waals surface area (Å²) in [6.45, 7) is 4.50. The maximum atomic E-state index is 11.5. The molecule has 1 saturated heterocycles. The second-order valence-electron chi connectivity index (χ2n) is 3.60. The molecule has 0 spiro atoms. The van der Waals surface area contributed by atoms with Crippen LogP contribution in [-0.2, 0) is 9.59 Å². The van der Waals surface area contributed by atoms with Gasteiger partial charge in [0.25, 0.3) is 0 Å². The van der Waals surface area contributed by atoms with Gasteiger partial charge >= 0.3 is 0 Å². The molecule has 1 heterocycles. The second-order valence-corrected chi connectivity index (χ2v) is 3.60. The summed E-state index contributed by atoms with van der Waals surface area (Å²) >= 11 is 0. The maximum Gasteiger partial charge on any atom is 0.242 e. The van der Waals surface area contributed by atoms with Gasteiger partial charge in [0.05, 0.1) is 6.54 Å². The van der Waals surface area contributed by atoms with Crippen molar-refractivity contribution in [2.24, 2.45) is 0 Å². The molecule has 0 bridgehead atoms. The van der Waals surface area contributed by atoms with Crippen LogP contribution in [0.1, 0.15) is 13.8 Å². The molecule has 0 aromatic carbocycles. The predicted octanol–water partition coefficient (Wildman–Crippen LogP) is -1.06. The summed E-state index contributed by atoms with van der Waals surface area (Å²) in [4.78, 5) is 24.5. The summed E-state index contributed by atoms with van der Waals surface area (Å²) in [6.07, 6.45) is 0. The molecule has 1 fully saturated rings. The van der Waals surface area contributed by atoms with Gasteiger partial charge in [0.15, 0.2) is 0 Å². The van der Waals surface area contributed by atoms with Gasteiger partial charge < -0.3 is 15.5 Å². The fourth-order valence-electron chi connectivity index (χ4n) is 1.77. The fraction of sp³-hybridized carbons (Fsp3) is 0.778. The number of carbonyl (C=O) groups excluding carboxylic acids is 2. The third kappa shape index (κ3) is 2.04. The Morgan fingerprint density at radius 2 is 2.29 bits per heavy atom. The van der Waals surface area contributed by atoms with Gasteiger partial charge in [0, 0.05) is 12.6 Å². The minimum Gasteiger partial charge on any atom is -0.345 e. The number of nitrogens with one attached hydrogen (secondary N) is 2. The normalized spacial score (nSPS) is 24.8. The van der Waals surface area contributed by atoms with Crippen LogP contribution in [0.5, 0.6) is 0 Å². The highest BCUT2D eigenvalue weighted by atomic mass is 16.2. The minimum atomic E-state index is -0.361. The van der Waals surface area contributed by atoms with E-state index in [0.717, 1.165) is 0 Å². The first kappa shape index (κ1) is 11.0. The van der Waals surface area contributed by atoms with E-state index in [1.807, 2.05) is 14.0 Å². The first-order valence-corrected chi connectivity index (χ1v) is 4.81. The van der Waals surface area contributed by atoms with Crippen LogP contribution in [0, 0.1) is 0 Å². The first-order valence-electron chi connectivity index (χ1n) is 4.81. The van der Waals surface area contributed by atoms with E-state index in [2.05, 4.69) is 10.6 Å². The second kappa shape index (κ2) is 4.41. The molecule has 5 heteroatoms. The zero-order valence-electron chi connectivity index (χ0n) is 8.83. The Balaban J connectivity index is 2.71. The predicted molar refractivity (Wildman–Crippen MR) is 52.7 cm³/mol. The molecule has 2 N–H and O–H groups in total. The molecule has 0 aliphatic carbocycles. The molecule has 0 aromatic rings. The highest BCUT2D eigenvalue weighted by Gasteiger charge is 2.33. The largest absolute Gasteiger partial charge is 0.345 e. The van der Waals surface area contributed by atoms with E-state index >= 15 is 0 Å². The van der Waals surface area contributed by atoms with E-state index in [0.29, 0.717) is 6.54 Å². The third-order valence-electron chi connectivity index (χ3n) is 2.47. The number of likely N-dealkylation sites (N-methyl/N-ethyl adjacent to an activating group) is 1. The van der Waals surface area contributed by atoms with Crippen molar-refractivity contribution in [3.63, 3.8) is 0 Å². The Hall–Kier alpha value is -1.10. The van der Waals surface area contributed by atoms with Crippen molar-refractivity contribution in [3.8, 4) is 0 Å². The van der Waals surface area contributed by atoms with Gasteiger partial charge in [-0.1, -0.05) is 0 Å². The quantitative estimate of drug-likeness (QED) is 0.609. The van der Waals surface area contributed by atoms with Gasteiger partial charge in [-0.25, -0.2) is 0 Å². The standard InChI is InChI=1S/C9H17N3O2/c1-6(4-10-3)12-7(2)9(14)11-5-8(12)13/h6-7,10H,4-5H2,1-3H3,(H,11,14). The number of amides is 2. The van der Waals surface area contributed by atoms with E-state index in [-0.39, 0.29) is 30.4 Å². The zero-order valence-corrected chi connectivity index (χ0v) is 8.83. The third-order valence-corrected chi connectivity index (χ3v) is 2.47. The highest BCUT2D eigenvalue weighted by molar-refractivity contribution is 5.94. The van der Waals surface area contributed by atoms with Gasteiger partial charge in [0.2, 0.25) is 11.8 Å². The monoisotopic (exact) mass is 199 g/mol. The molecule has 2 unspecified atom stereocenters. The van der Waals surface area contributed by atoms with Gasteiger partial charge in [-0.3, -0.25) is 9.59 Å². The van der Waals surface area contributed by atoms with E-state index in [4.69, 9.17) is 0 Å². The van der Waals surface area contributed by atoms with Gasteiger partial charge in [-0.2, -0.15) is 0 Å². The van der Waals surface area contributed by atoms with Crippen molar-refractivity contribution in [2.75, 3.05) is 20.1 Å². The van der Waals surface area contributed by atoms with E-state index < -0.39 is 0 Å². The SMILES string of the molecule is CNCC(C)N1C(=O)CNC(=O)C1C. The van der Waals surface area contributed by atoms with Gasteiger partial charge in [0.1, 0.15) is 6.04 Å². The topological polar surface area (TPSA) is 61.4 Å². The van der Waals surface area contributed by atoms with Crippen molar-refractivity contribution in [1.82, 2.24) is 15.5 Å². The zero-order chi connectivity index (χ0) is 10.7. The van der Waals surface area contributed by atoms with Crippen molar-refractivity contribution in [1.29, 1.82) is 0 Å². The van der Waals surface area contributed by atoms with Gasteiger partial charge in [-0.15, -0.1) is 0 Å². The number of hydrogen-bond donors (Lipinski definition) is 2. The Bertz CT molecular complexity index is 242. The molecule has 0 aromatic heterocycles. The van der Waals surface area contributed by atoms with Crippen LogP contribution in [0.3, 0.4) is 0 Å². The molecule has 1 rings (SSSR count). The molecule has 1 aliphatic rings. The molecular formula is C9H17N3O2. The van der Waals surface area contributed by atoms with Crippen LogP contribution in [0.2, 0.25) is 0 Å². The van der Waals surface area contributed by atoms with Crippen LogP contribution in [0.15, 0.2) is 0 Å². The van der Waals surface area contributed by atoms with Crippen molar-refractivity contribution < 1.29 is 9.59 Å². The Labute approximate surface area is 83.8 Å². The summed E-state index contributed by atoms with van der Waals surface area (Å²) in [7, 11) is 1.83. The number of hydrogen-bond acceptors (Lipinski definition) is 3. The van der Waals surface area contributed by atoms with Crippen molar-refractivity contribution in [3.05, 3.63) is 0 Å². The van der Waals surface area contributed by atoms with E-state index in [1.54, 1.807) is 11.8 Å². The maximum absolute atomic E-state index is 11.5. The average Bonchev–Trinajstić information content (AvgIpc) is 2.13. The fourth-order valence-corrected chi connectivity index (χ4v) is 1.77. The molecule has 0 saturated carbocycles. The van der Waals surface area contributed by atoms with Crippen molar-refractivity contribution in [2.45, 2.75) is 25.9 Å². The minimum absolute atomic E-state index is 0.0140. The molecule has 5 nitrogen and oxygen atoms in total. The number of nitrogens with zero attached hydrogens (tertiary/aromatic N) is 1. The van der Waals surface area contributed by atoms with Crippen LogP contribution >= 0.6 is 0 Å².